The van der Waals surface area contributed by atoms with Gasteiger partial charge in [-0.15, -0.1) is 0 Å². The van der Waals surface area contributed by atoms with Crippen molar-refractivity contribution in [2.45, 2.75) is 38.9 Å². The van der Waals surface area contributed by atoms with Gasteiger partial charge in [-0.3, -0.25) is 4.79 Å². The summed E-state index contributed by atoms with van der Waals surface area (Å²) >= 11 is 0. The molecule has 0 aromatic rings. The Kier molecular flexibility index (Phi) is 2.97. The molecule has 2 fully saturated rings. The molecule has 0 aromatic carbocycles. The van der Waals surface area contributed by atoms with Gasteiger partial charge in [0, 0.05) is 6.42 Å². The average molecular weight is 228 g/mol. The Morgan fingerprint density at radius 2 is 1.88 bits per heavy atom. The van der Waals surface area contributed by atoms with Crippen LogP contribution in [0.15, 0.2) is 0 Å². The van der Waals surface area contributed by atoms with Crippen LogP contribution in [0, 0.1) is 11.3 Å². The summed E-state index contributed by atoms with van der Waals surface area (Å²) in [5.74, 6) is -1.21. The molecule has 16 heavy (non-hydrogen) atoms. The molecule has 1 saturated heterocycles. The molecule has 0 amide bonds. The third-order valence-electron chi connectivity index (χ3n) is 3.70. The fraction of sp³-hybridized carbons (Fsp3) is 0.917. The van der Waals surface area contributed by atoms with Gasteiger partial charge in [0.15, 0.2) is 5.79 Å². The Hall–Kier alpha value is -0.610. The number of ether oxygens (including phenoxy) is 3. The molecular weight excluding hydrogens is 208 g/mol. The summed E-state index contributed by atoms with van der Waals surface area (Å²) in [5, 5.41) is 0. The van der Waals surface area contributed by atoms with Gasteiger partial charge >= 0.3 is 5.97 Å². The van der Waals surface area contributed by atoms with Crippen molar-refractivity contribution in [2.24, 2.45) is 11.3 Å². The summed E-state index contributed by atoms with van der Waals surface area (Å²) in [6.45, 7) is 5.50. The van der Waals surface area contributed by atoms with Gasteiger partial charge in [-0.2, -0.15) is 0 Å². The highest BCUT2D eigenvalue weighted by Gasteiger charge is 2.53. The van der Waals surface area contributed by atoms with Crippen molar-refractivity contribution in [1.82, 2.24) is 0 Å². The Morgan fingerprint density at radius 3 is 2.44 bits per heavy atom. The van der Waals surface area contributed by atoms with Gasteiger partial charge in [-0.25, -0.2) is 0 Å². The molecule has 2 rings (SSSR count). The molecule has 0 aromatic heterocycles. The number of esters is 1. The molecule has 4 nitrogen and oxygen atoms in total. The summed E-state index contributed by atoms with van der Waals surface area (Å²) in [4.78, 5) is 11.8. The van der Waals surface area contributed by atoms with E-state index >= 15 is 0 Å². The summed E-state index contributed by atoms with van der Waals surface area (Å²) in [6.07, 6.45) is 2.56. The third kappa shape index (κ3) is 1.96. The molecule has 1 saturated carbocycles. The maximum atomic E-state index is 11.8. The second-order valence-corrected chi connectivity index (χ2v) is 5.45. The molecule has 0 radical (unpaired) electrons. The minimum atomic E-state index is -0.706. The molecule has 1 heterocycles. The van der Waals surface area contributed by atoms with Crippen molar-refractivity contribution in [3.05, 3.63) is 0 Å². The lowest BCUT2D eigenvalue weighted by Gasteiger charge is -2.44. The van der Waals surface area contributed by atoms with E-state index in [9.17, 15) is 4.79 Å². The smallest absolute Gasteiger partial charge is 0.314 e. The monoisotopic (exact) mass is 228 g/mol. The molecule has 4 heteroatoms. The van der Waals surface area contributed by atoms with Crippen LogP contribution >= 0.6 is 0 Å². The van der Waals surface area contributed by atoms with Crippen LogP contribution in [0.5, 0.6) is 0 Å². The first-order valence-corrected chi connectivity index (χ1v) is 5.85. The van der Waals surface area contributed by atoms with Gasteiger partial charge < -0.3 is 14.2 Å². The van der Waals surface area contributed by atoms with E-state index in [4.69, 9.17) is 14.2 Å². The van der Waals surface area contributed by atoms with Crippen molar-refractivity contribution in [3.8, 4) is 0 Å². The largest absolute Gasteiger partial charge is 0.469 e. The molecule has 1 spiro atoms. The molecule has 1 atom stereocenters. The Labute approximate surface area is 96.2 Å². The van der Waals surface area contributed by atoms with Crippen LogP contribution in [0.2, 0.25) is 0 Å². The van der Waals surface area contributed by atoms with E-state index < -0.39 is 5.79 Å². The molecule has 0 N–H and O–H groups in total. The summed E-state index contributed by atoms with van der Waals surface area (Å²) in [7, 11) is 1.42. The molecule has 1 aliphatic carbocycles. The second-order valence-electron chi connectivity index (χ2n) is 5.45. The van der Waals surface area contributed by atoms with Crippen LogP contribution in [0.4, 0.5) is 0 Å². The van der Waals surface area contributed by atoms with Gasteiger partial charge in [0.05, 0.1) is 20.3 Å². The minimum absolute atomic E-state index is 0.152. The topological polar surface area (TPSA) is 44.8 Å². The number of rotatable bonds is 1. The summed E-state index contributed by atoms with van der Waals surface area (Å²) in [6, 6.07) is 0. The van der Waals surface area contributed by atoms with Crippen LogP contribution in [-0.2, 0) is 19.0 Å². The van der Waals surface area contributed by atoms with E-state index in [1.807, 2.05) is 0 Å². The van der Waals surface area contributed by atoms with Crippen molar-refractivity contribution in [2.75, 3.05) is 20.3 Å². The first-order chi connectivity index (χ1) is 7.49. The minimum Gasteiger partial charge on any atom is -0.469 e. The molecule has 92 valence electrons. The molecule has 0 unspecified atom stereocenters. The fourth-order valence-corrected chi connectivity index (χ4v) is 2.72. The fourth-order valence-electron chi connectivity index (χ4n) is 2.72. The number of hydrogen-bond acceptors (Lipinski definition) is 4. The molecular formula is C12H20O4. The van der Waals surface area contributed by atoms with Gasteiger partial charge in [0.25, 0.3) is 0 Å². The van der Waals surface area contributed by atoms with Crippen LogP contribution in [-0.4, -0.2) is 32.1 Å². The van der Waals surface area contributed by atoms with Crippen LogP contribution in [0.25, 0.3) is 0 Å². The standard InChI is InChI=1S/C12H20O4/c1-11(2)4-5-12(15-6-7-16-12)9(8-11)10(13)14-3/h9H,4-8H2,1-3H3/t9-/m0/s1. The molecule has 1 aliphatic heterocycles. The Bertz CT molecular complexity index is 279. The molecule has 0 bridgehead atoms. The number of methoxy groups -OCH3 is 1. The van der Waals surface area contributed by atoms with E-state index in [1.165, 1.54) is 7.11 Å². The number of hydrogen-bond donors (Lipinski definition) is 0. The van der Waals surface area contributed by atoms with Gasteiger partial charge in [0.2, 0.25) is 0 Å². The van der Waals surface area contributed by atoms with E-state index in [2.05, 4.69) is 13.8 Å². The van der Waals surface area contributed by atoms with Crippen LogP contribution in [0.1, 0.15) is 33.1 Å². The molecule has 2 aliphatic rings. The normalized spacial score (nSPS) is 31.6. The van der Waals surface area contributed by atoms with Crippen LogP contribution in [0.3, 0.4) is 0 Å². The summed E-state index contributed by atoms with van der Waals surface area (Å²) < 4.78 is 16.2. The van der Waals surface area contributed by atoms with E-state index in [1.54, 1.807) is 0 Å². The predicted molar refractivity (Wildman–Crippen MR) is 57.8 cm³/mol. The van der Waals surface area contributed by atoms with Crippen molar-refractivity contribution in [1.29, 1.82) is 0 Å². The zero-order valence-corrected chi connectivity index (χ0v) is 10.2. The number of carbonyl (C=O) groups excluding carboxylic acids is 1. The van der Waals surface area contributed by atoms with E-state index in [-0.39, 0.29) is 17.3 Å². The van der Waals surface area contributed by atoms with Crippen molar-refractivity contribution in [3.63, 3.8) is 0 Å². The highest BCUT2D eigenvalue weighted by molar-refractivity contribution is 5.73. The van der Waals surface area contributed by atoms with Gasteiger partial charge in [-0.1, -0.05) is 13.8 Å². The SMILES string of the molecule is COC(=O)[C@@H]1CC(C)(C)CCC12OCCO2. The predicted octanol–water partition coefficient (Wildman–Crippen LogP) is 1.73. The lowest BCUT2D eigenvalue weighted by atomic mass is 9.69. The average Bonchev–Trinajstić information content (AvgIpc) is 2.71. The zero-order chi connectivity index (χ0) is 11.8. The van der Waals surface area contributed by atoms with Crippen molar-refractivity contribution >= 4 is 5.97 Å². The van der Waals surface area contributed by atoms with Crippen molar-refractivity contribution < 1.29 is 19.0 Å². The highest BCUT2D eigenvalue weighted by atomic mass is 16.7. The zero-order valence-electron chi connectivity index (χ0n) is 10.2. The number of carbonyl (C=O) groups is 1. The van der Waals surface area contributed by atoms with Gasteiger partial charge in [-0.05, 0) is 18.3 Å². The Balaban J connectivity index is 2.21. The lowest BCUT2D eigenvalue weighted by Crippen LogP contribution is -2.50. The van der Waals surface area contributed by atoms with Gasteiger partial charge in [0.1, 0.15) is 5.92 Å². The quantitative estimate of drug-likeness (QED) is 0.641. The highest BCUT2D eigenvalue weighted by Crippen LogP contribution is 2.48. The maximum absolute atomic E-state index is 11.8. The first-order valence-electron chi connectivity index (χ1n) is 5.85. The summed E-state index contributed by atoms with van der Waals surface area (Å²) in [5.41, 5.74) is 0.152. The van der Waals surface area contributed by atoms with E-state index in [0.717, 1.165) is 19.3 Å². The third-order valence-corrected chi connectivity index (χ3v) is 3.70. The van der Waals surface area contributed by atoms with E-state index in [0.29, 0.717) is 13.2 Å². The second kappa shape index (κ2) is 4.00. The lowest BCUT2D eigenvalue weighted by molar-refractivity contribution is -0.231. The first kappa shape index (κ1) is 11.9. The maximum Gasteiger partial charge on any atom is 0.314 e. The van der Waals surface area contributed by atoms with Crippen LogP contribution < -0.4 is 0 Å². The Morgan fingerprint density at radius 1 is 1.25 bits per heavy atom.